The zero-order valence-corrected chi connectivity index (χ0v) is 11.7. The number of aromatic nitrogens is 2. The van der Waals surface area contributed by atoms with Gasteiger partial charge in [0.2, 0.25) is 5.88 Å². The van der Waals surface area contributed by atoms with Gasteiger partial charge >= 0.3 is 0 Å². The summed E-state index contributed by atoms with van der Waals surface area (Å²) in [5.41, 5.74) is 1.08. The smallest absolute Gasteiger partial charge is 0.262 e. The highest BCUT2D eigenvalue weighted by Crippen LogP contribution is 2.33. The summed E-state index contributed by atoms with van der Waals surface area (Å²) in [6.07, 6.45) is 0. The van der Waals surface area contributed by atoms with E-state index in [0.29, 0.717) is 16.7 Å². The summed E-state index contributed by atoms with van der Waals surface area (Å²) < 4.78 is 0. The molecule has 2 amide bonds. The van der Waals surface area contributed by atoms with E-state index < -0.39 is 17.9 Å². The maximum absolute atomic E-state index is 12.4. The molecule has 3 rings (SSSR count). The van der Waals surface area contributed by atoms with E-state index in [2.05, 4.69) is 10.2 Å². The molecule has 0 bridgehead atoms. The van der Waals surface area contributed by atoms with Crippen LogP contribution in [0.4, 0.5) is 0 Å². The molecule has 1 N–H and O–H groups in total. The average Bonchev–Trinajstić information content (AvgIpc) is 2.73. The van der Waals surface area contributed by atoms with E-state index in [1.54, 1.807) is 31.2 Å². The molecule has 7 heteroatoms. The van der Waals surface area contributed by atoms with Crippen molar-refractivity contribution in [1.82, 2.24) is 15.1 Å². The van der Waals surface area contributed by atoms with Gasteiger partial charge in [0.15, 0.2) is 5.15 Å². The van der Waals surface area contributed by atoms with Gasteiger partial charge in [0.05, 0.1) is 17.2 Å². The van der Waals surface area contributed by atoms with E-state index >= 15 is 0 Å². The van der Waals surface area contributed by atoms with Crippen LogP contribution < -0.4 is 0 Å². The van der Waals surface area contributed by atoms with Crippen LogP contribution in [0.3, 0.4) is 0 Å². The van der Waals surface area contributed by atoms with Gasteiger partial charge in [-0.25, -0.2) is 0 Å². The number of carbonyl (C=O) groups is 2. The number of imide groups is 1. The van der Waals surface area contributed by atoms with Crippen LogP contribution in [0, 0.1) is 0 Å². The van der Waals surface area contributed by atoms with Crippen molar-refractivity contribution in [2.75, 3.05) is 0 Å². The van der Waals surface area contributed by atoms with E-state index in [1.807, 2.05) is 0 Å². The first kappa shape index (κ1) is 13.5. The van der Waals surface area contributed by atoms with Crippen LogP contribution in [0.15, 0.2) is 30.3 Å². The fourth-order valence-electron chi connectivity index (χ4n) is 2.37. The number of nitrogens with zero attached hydrogens (tertiary/aromatic N) is 3. The van der Waals surface area contributed by atoms with Gasteiger partial charge < -0.3 is 5.11 Å². The number of fused-ring (bicyclic) bond motifs is 1. The predicted molar refractivity (Wildman–Crippen MR) is 74.1 cm³/mol. The van der Waals surface area contributed by atoms with Gasteiger partial charge in [-0.05, 0) is 19.1 Å². The number of aromatic hydroxyl groups is 1. The Morgan fingerprint density at radius 1 is 1.14 bits per heavy atom. The Kier molecular flexibility index (Phi) is 3.10. The first-order chi connectivity index (χ1) is 10.0. The van der Waals surface area contributed by atoms with Crippen LogP contribution in [0.2, 0.25) is 5.15 Å². The highest BCUT2D eigenvalue weighted by molar-refractivity contribution is 6.30. The molecule has 2 aromatic rings. The minimum atomic E-state index is -0.661. The van der Waals surface area contributed by atoms with Crippen molar-refractivity contribution in [3.8, 4) is 5.88 Å². The second-order valence-corrected chi connectivity index (χ2v) is 5.01. The van der Waals surface area contributed by atoms with Crippen LogP contribution in [0.1, 0.15) is 39.2 Å². The zero-order chi connectivity index (χ0) is 15.1. The molecule has 2 heterocycles. The summed E-state index contributed by atoms with van der Waals surface area (Å²) in [6.45, 7) is 1.64. The number of hydrogen-bond acceptors (Lipinski definition) is 5. The van der Waals surface area contributed by atoms with E-state index in [1.165, 1.54) is 6.07 Å². The normalized spacial score (nSPS) is 15.2. The van der Waals surface area contributed by atoms with Crippen molar-refractivity contribution in [2.24, 2.45) is 0 Å². The monoisotopic (exact) mass is 303 g/mol. The van der Waals surface area contributed by atoms with Crippen molar-refractivity contribution >= 4 is 23.4 Å². The van der Waals surface area contributed by atoms with Crippen LogP contribution in [0.5, 0.6) is 5.88 Å². The molecule has 1 aromatic carbocycles. The van der Waals surface area contributed by atoms with Crippen LogP contribution in [0.25, 0.3) is 0 Å². The van der Waals surface area contributed by atoms with E-state index in [4.69, 9.17) is 11.6 Å². The number of rotatable bonds is 2. The largest absolute Gasteiger partial charge is 0.492 e. The molecule has 106 valence electrons. The standard InChI is InChI=1S/C14H10ClN3O3/c1-7(10-6-11(19)16-17-12(10)15)18-13(20)8-4-2-3-5-9(8)14(18)21/h2-7H,1H3,(H,16,19). The molecule has 1 aliphatic rings. The highest BCUT2D eigenvalue weighted by atomic mass is 35.5. The van der Waals surface area contributed by atoms with Gasteiger partial charge in [-0.15, -0.1) is 10.2 Å². The minimum absolute atomic E-state index is 0.0388. The summed E-state index contributed by atoms with van der Waals surface area (Å²) >= 11 is 5.94. The van der Waals surface area contributed by atoms with Crippen LogP contribution in [-0.4, -0.2) is 32.0 Å². The number of amides is 2. The summed E-state index contributed by atoms with van der Waals surface area (Å²) in [7, 11) is 0. The molecule has 1 atom stereocenters. The second-order valence-electron chi connectivity index (χ2n) is 4.65. The maximum Gasteiger partial charge on any atom is 0.262 e. The van der Waals surface area contributed by atoms with Crippen molar-refractivity contribution in [3.05, 3.63) is 52.2 Å². The van der Waals surface area contributed by atoms with Gasteiger partial charge in [0, 0.05) is 11.6 Å². The lowest BCUT2D eigenvalue weighted by Gasteiger charge is -2.23. The molecule has 0 radical (unpaired) electrons. The Morgan fingerprint density at radius 2 is 1.71 bits per heavy atom. The SMILES string of the molecule is CC(c1cc(O)nnc1Cl)N1C(=O)c2ccccc2C1=O. The first-order valence-electron chi connectivity index (χ1n) is 6.19. The van der Waals surface area contributed by atoms with Gasteiger partial charge in [0.25, 0.3) is 11.8 Å². The summed E-state index contributed by atoms with van der Waals surface area (Å²) in [5.74, 6) is -1.11. The number of halogens is 1. The first-order valence-corrected chi connectivity index (χ1v) is 6.57. The van der Waals surface area contributed by atoms with E-state index in [0.717, 1.165) is 4.90 Å². The van der Waals surface area contributed by atoms with Gasteiger partial charge in [-0.3, -0.25) is 14.5 Å². The molecule has 1 aliphatic heterocycles. The fraction of sp³-hybridized carbons (Fsp3) is 0.143. The number of benzene rings is 1. The average molecular weight is 304 g/mol. The number of carbonyl (C=O) groups excluding carboxylic acids is 2. The van der Waals surface area contributed by atoms with Crippen LogP contribution >= 0.6 is 11.6 Å². The van der Waals surface area contributed by atoms with E-state index in [-0.39, 0.29) is 11.0 Å². The molecule has 1 unspecified atom stereocenters. The van der Waals surface area contributed by atoms with Crippen molar-refractivity contribution in [2.45, 2.75) is 13.0 Å². The minimum Gasteiger partial charge on any atom is -0.492 e. The Morgan fingerprint density at radius 3 is 2.29 bits per heavy atom. The second kappa shape index (κ2) is 4.82. The molecular weight excluding hydrogens is 294 g/mol. The molecule has 0 saturated carbocycles. The lowest BCUT2D eigenvalue weighted by atomic mass is 10.1. The lowest BCUT2D eigenvalue weighted by molar-refractivity contribution is 0.0594. The van der Waals surface area contributed by atoms with Gasteiger partial charge in [-0.2, -0.15) is 0 Å². The van der Waals surface area contributed by atoms with Gasteiger partial charge in [-0.1, -0.05) is 23.7 Å². The Labute approximate surface area is 125 Å². The predicted octanol–water partition coefficient (Wildman–Crippen LogP) is 2.19. The third-order valence-electron chi connectivity index (χ3n) is 3.43. The van der Waals surface area contributed by atoms with Gasteiger partial charge in [0.1, 0.15) is 0 Å². The highest BCUT2D eigenvalue weighted by Gasteiger charge is 2.39. The number of hydrogen-bond donors (Lipinski definition) is 1. The summed E-state index contributed by atoms with van der Waals surface area (Å²) in [4.78, 5) is 25.9. The van der Waals surface area contributed by atoms with E-state index in [9.17, 15) is 14.7 Å². The quantitative estimate of drug-likeness (QED) is 0.860. The van der Waals surface area contributed by atoms with Crippen molar-refractivity contribution in [3.63, 3.8) is 0 Å². The third kappa shape index (κ3) is 2.04. The molecular formula is C14H10ClN3O3. The van der Waals surface area contributed by atoms with Crippen molar-refractivity contribution < 1.29 is 14.7 Å². The molecule has 21 heavy (non-hydrogen) atoms. The van der Waals surface area contributed by atoms with Crippen molar-refractivity contribution in [1.29, 1.82) is 0 Å². The molecule has 1 aromatic heterocycles. The molecule has 0 aliphatic carbocycles. The zero-order valence-electron chi connectivity index (χ0n) is 10.9. The Hall–Kier alpha value is -2.47. The fourth-order valence-corrected chi connectivity index (χ4v) is 2.62. The molecule has 0 fully saturated rings. The topological polar surface area (TPSA) is 83.4 Å². The molecule has 6 nitrogen and oxygen atoms in total. The maximum atomic E-state index is 12.4. The lowest BCUT2D eigenvalue weighted by Crippen LogP contribution is -2.32. The summed E-state index contributed by atoms with van der Waals surface area (Å²) in [6, 6.07) is 7.24. The molecule has 0 saturated heterocycles. The Balaban J connectivity index is 2.04. The molecule has 0 spiro atoms. The van der Waals surface area contributed by atoms with Crippen LogP contribution in [-0.2, 0) is 0 Å². The Bertz CT molecular complexity index is 728. The third-order valence-corrected chi connectivity index (χ3v) is 3.72. The summed E-state index contributed by atoms with van der Waals surface area (Å²) in [5, 5.41) is 16.5.